The van der Waals surface area contributed by atoms with E-state index in [4.69, 9.17) is 4.74 Å². The second-order valence-electron chi connectivity index (χ2n) is 7.55. The van der Waals surface area contributed by atoms with Gasteiger partial charge in [0.1, 0.15) is 11.5 Å². The summed E-state index contributed by atoms with van der Waals surface area (Å²) in [6.07, 6.45) is -2.23. The van der Waals surface area contributed by atoms with E-state index in [0.29, 0.717) is 28.1 Å². The summed E-state index contributed by atoms with van der Waals surface area (Å²) in [5, 5.41) is 3.74. The number of hydrogen-bond donors (Lipinski definition) is 1. The number of fused-ring (bicyclic) bond motifs is 1. The number of carbonyl (C=O) groups excluding carboxylic acids is 1. The van der Waals surface area contributed by atoms with Crippen LogP contribution in [-0.2, 0) is 10.9 Å². The number of methoxy groups -OCH3 is 1. The number of aromatic nitrogens is 4. The van der Waals surface area contributed by atoms with Crippen LogP contribution in [-0.4, -0.2) is 32.8 Å². The molecule has 0 aliphatic carbocycles. The Morgan fingerprint density at radius 3 is 2.53 bits per heavy atom. The first kappa shape index (κ1) is 23.2. The average Bonchev–Trinajstić information content (AvgIpc) is 2.82. The van der Waals surface area contributed by atoms with Gasteiger partial charge in [-0.05, 0) is 56.3 Å². The molecule has 0 amide bonds. The smallest absolute Gasteiger partial charge is 0.375 e. The third-order valence-electron chi connectivity index (χ3n) is 5.25. The van der Waals surface area contributed by atoms with E-state index in [9.17, 15) is 18.0 Å². The van der Waals surface area contributed by atoms with Crippen molar-refractivity contribution in [2.45, 2.75) is 26.1 Å². The zero-order chi connectivity index (χ0) is 24.5. The molecule has 0 aromatic carbocycles. The first-order chi connectivity index (χ1) is 16.2. The number of nitrogens with zero attached hydrogens (tertiary/aromatic N) is 4. The van der Waals surface area contributed by atoms with Gasteiger partial charge in [0.2, 0.25) is 0 Å². The minimum absolute atomic E-state index is 0.0463. The minimum atomic E-state index is -4.58. The van der Waals surface area contributed by atoms with E-state index in [1.807, 2.05) is 0 Å². The molecule has 0 aliphatic rings. The molecule has 0 fully saturated rings. The summed E-state index contributed by atoms with van der Waals surface area (Å²) < 4.78 is 45.9. The second kappa shape index (κ2) is 9.14. The average molecular weight is 467 g/mol. The van der Waals surface area contributed by atoms with E-state index in [1.165, 1.54) is 38.6 Å². The molecule has 4 rings (SSSR count). The van der Waals surface area contributed by atoms with E-state index >= 15 is 0 Å². The second-order valence-corrected chi connectivity index (χ2v) is 7.55. The zero-order valence-electron chi connectivity index (χ0n) is 18.5. The van der Waals surface area contributed by atoms with Gasteiger partial charge in [-0.25, -0.2) is 15.0 Å². The molecule has 0 saturated carbocycles. The van der Waals surface area contributed by atoms with Crippen LogP contribution in [0.5, 0.6) is 0 Å². The Hall–Kier alpha value is -3.92. The van der Waals surface area contributed by atoms with Crippen molar-refractivity contribution in [3.8, 4) is 11.4 Å². The lowest BCUT2D eigenvalue weighted by Gasteiger charge is -2.16. The van der Waals surface area contributed by atoms with Crippen molar-refractivity contribution in [3.63, 3.8) is 0 Å². The Bertz CT molecular complexity index is 1360. The number of nitrogens with one attached hydrogen (secondary N) is 1. The molecule has 0 radical (unpaired) electrons. The van der Waals surface area contributed by atoms with E-state index in [-0.39, 0.29) is 22.8 Å². The lowest BCUT2D eigenvalue weighted by molar-refractivity contribution is -0.137. The lowest BCUT2D eigenvalue weighted by Crippen LogP contribution is -2.09. The van der Waals surface area contributed by atoms with Gasteiger partial charge in [-0.2, -0.15) is 13.2 Å². The zero-order valence-corrected chi connectivity index (χ0v) is 18.5. The highest BCUT2D eigenvalue weighted by atomic mass is 19.4. The Morgan fingerprint density at radius 2 is 1.88 bits per heavy atom. The summed E-state index contributed by atoms with van der Waals surface area (Å²) >= 11 is 0. The molecule has 0 bridgehead atoms. The number of halogens is 3. The maximum Gasteiger partial charge on any atom is 0.418 e. The molecule has 7 nitrogen and oxygen atoms in total. The van der Waals surface area contributed by atoms with Gasteiger partial charge in [0.25, 0.3) is 0 Å². The molecule has 174 valence electrons. The monoisotopic (exact) mass is 467 g/mol. The van der Waals surface area contributed by atoms with E-state index < -0.39 is 17.8 Å². The summed E-state index contributed by atoms with van der Waals surface area (Å²) in [7, 11) is 1.53. The van der Waals surface area contributed by atoms with Crippen molar-refractivity contribution in [1.29, 1.82) is 0 Å². The highest BCUT2D eigenvalue weighted by molar-refractivity contribution is 5.94. The van der Waals surface area contributed by atoms with Crippen molar-refractivity contribution in [1.82, 2.24) is 19.9 Å². The molecule has 4 aromatic rings. The largest absolute Gasteiger partial charge is 0.418 e. The summed E-state index contributed by atoms with van der Waals surface area (Å²) in [4.78, 5) is 28.6. The first-order valence-corrected chi connectivity index (χ1v) is 10.3. The fourth-order valence-corrected chi connectivity index (χ4v) is 3.34. The topological polar surface area (TPSA) is 89.9 Å². The molecule has 0 aliphatic heterocycles. The standard InChI is InChI=1S/C24H20F3N5O2/c1-13(33)15-6-9-21(29-12-15)30-20-11-19(14(2)34-3)32-23-16(20)7-8-18(31-23)22-17(24(25,26)27)5-4-10-28-22/h4-12,14H,1-3H3,(H,29,30,31,32). The number of carbonyl (C=O) groups is 1. The van der Waals surface area contributed by atoms with Crippen molar-refractivity contribution >= 4 is 28.3 Å². The molecular formula is C24H20F3N5O2. The van der Waals surface area contributed by atoms with E-state index in [2.05, 4.69) is 25.3 Å². The predicted octanol–water partition coefficient (Wildman–Crippen LogP) is 5.76. The summed E-state index contributed by atoms with van der Waals surface area (Å²) in [6, 6.07) is 10.4. The van der Waals surface area contributed by atoms with Crippen LogP contribution in [0.4, 0.5) is 24.7 Å². The van der Waals surface area contributed by atoms with Crippen molar-refractivity contribution in [2.24, 2.45) is 0 Å². The van der Waals surface area contributed by atoms with Gasteiger partial charge in [-0.3, -0.25) is 9.78 Å². The van der Waals surface area contributed by atoms with E-state index in [0.717, 1.165) is 6.07 Å². The molecule has 0 spiro atoms. The number of anilines is 2. The number of rotatable bonds is 6. The van der Waals surface area contributed by atoms with Gasteiger partial charge in [0.05, 0.1) is 28.7 Å². The third-order valence-corrected chi connectivity index (χ3v) is 5.25. The highest BCUT2D eigenvalue weighted by Crippen LogP contribution is 2.36. The molecule has 1 unspecified atom stereocenters. The highest BCUT2D eigenvalue weighted by Gasteiger charge is 2.34. The van der Waals surface area contributed by atoms with Gasteiger partial charge in [-0.15, -0.1) is 0 Å². The lowest BCUT2D eigenvalue weighted by atomic mass is 10.1. The van der Waals surface area contributed by atoms with Crippen LogP contribution in [0.25, 0.3) is 22.4 Å². The van der Waals surface area contributed by atoms with Gasteiger partial charge < -0.3 is 10.1 Å². The van der Waals surface area contributed by atoms with Crippen molar-refractivity contribution in [2.75, 3.05) is 12.4 Å². The predicted molar refractivity (Wildman–Crippen MR) is 121 cm³/mol. The maximum absolute atomic E-state index is 13.5. The van der Waals surface area contributed by atoms with Crippen LogP contribution in [0.1, 0.15) is 41.6 Å². The van der Waals surface area contributed by atoms with Gasteiger partial charge in [-0.1, -0.05) is 0 Å². The maximum atomic E-state index is 13.5. The summed E-state index contributed by atoms with van der Waals surface area (Å²) in [5.41, 5.74) is 0.700. The van der Waals surface area contributed by atoms with Crippen molar-refractivity contribution in [3.05, 3.63) is 71.7 Å². The Balaban J connectivity index is 1.83. The number of hydrogen-bond acceptors (Lipinski definition) is 7. The normalized spacial score (nSPS) is 12.5. The molecule has 1 atom stereocenters. The van der Waals surface area contributed by atoms with Crippen LogP contribution in [0.2, 0.25) is 0 Å². The van der Waals surface area contributed by atoms with Crippen LogP contribution in [0.3, 0.4) is 0 Å². The number of ketones is 1. The van der Waals surface area contributed by atoms with E-state index in [1.54, 1.807) is 31.2 Å². The van der Waals surface area contributed by atoms with Gasteiger partial charge in [0, 0.05) is 30.5 Å². The summed E-state index contributed by atoms with van der Waals surface area (Å²) in [5.74, 6) is 0.371. The Kier molecular flexibility index (Phi) is 6.25. The number of ether oxygens (including phenoxy) is 1. The van der Waals surface area contributed by atoms with Crippen LogP contribution in [0, 0.1) is 0 Å². The molecule has 10 heteroatoms. The number of pyridine rings is 4. The quantitative estimate of drug-likeness (QED) is 0.361. The third kappa shape index (κ3) is 4.72. The number of alkyl halides is 3. The minimum Gasteiger partial charge on any atom is -0.375 e. The molecule has 0 saturated heterocycles. The van der Waals surface area contributed by atoms with Crippen molar-refractivity contribution < 1.29 is 22.7 Å². The molecule has 4 aromatic heterocycles. The van der Waals surface area contributed by atoms with Crippen LogP contribution >= 0.6 is 0 Å². The Labute approximate surface area is 193 Å². The number of Topliss-reactive ketones (excluding diaryl/α,β-unsaturated/α-hetero) is 1. The molecule has 4 heterocycles. The SMILES string of the molecule is COC(C)c1cc(Nc2ccc(C(C)=O)cn2)c2ccc(-c3ncccc3C(F)(F)F)nc2n1. The fraction of sp³-hybridized carbons (Fsp3) is 0.208. The van der Waals surface area contributed by atoms with Gasteiger partial charge in [0.15, 0.2) is 11.4 Å². The molecule has 1 N–H and O–H groups in total. The summed E-state index contributed by atoms with van der Waals surface area (Å²) in [6.45, 7) is 3.25. The molecular weight excluding hydrogens is 447 g/mol. The van der Waals surface area contributed by atoms with Crippen LogP contribution in [0.15, 0.2) is 54.9 Å². The van der Waals surface area contributed by atoms with Gasteiger partial charge >= 0.3 is 6.18 Å². The Morgan fingerprint density at radius 1 is 1.09 bits per heavy atom. The molecule has 34 heavy (non-hydrogen) atoms. The first-order valence-electron chi connectivity index (χ1n) is 10.3. The van der Waals surface area contributed by atoms with Crippen LogP contribution < -0.4 is 5.32 Å². The fourth-order valence-electron chi connectivity index (χ4n) is 3.34.